The van der Waals surface area contributed by atoms with Crippen molar-refractivity contribution in [1.29, 1.82) is 0 Å². The maximum atomic E-state index is 12.7. The van der Waals surface area contributed by atoms with Crippen molar-refractivity contribution in [3.8, 4) is 16.9 Å². The molecule has 2 aromatic carbocycles. The fourth-order valence-corrected chi connectivity index (χ4v) is 3.72. The Bertz CT molecular complexity index is 1520. The van der Waals surface area contributed by atoms with Crippen molar-refractivity contribution < 1.29 is 14.3 Å². The summed E-state index contributed by atoms with van der Waals surface area (Å²) in [7, 11) is 0. The molecule has 0 radical (unpaired) electrons. The molecule has 0 saturated heterocycles. The van der Waals surface area contributed by atoms with Crippen LogP contribution in [0.2, 0.25) is 0 Å². The third-order valence-corrected chi connectivity index (χ3v) is 5.43. The van der Waals surface area contributed by atoms with E-state index in [-0.39, 0.29) is 5.56 Å². The monoisotopic (exact) mass is 466 g/mol. The number of hydrogen-bond acceptors (Lipinski definition) is 6. The lowest BCUT2D eigenvalue weighted by atomic mass is 10.1. The summed E-state index contributed by atoms with van der Waals surface area (Å²) in [5.74, 6) is -0.696. The number of nitrogens with one attached hydrogen (secondary N) is 1. The molecule has 0 saturated carbocycles. The fraction of sp³-hybridized carbons (Fsp3) is 0.115. The number of esters is 1. The topological polar surface area (TPSA) is 103 Å². The van der Waals surface area contributed by atoms with Gasteiger partial charge < -0.3 is 10.1 Å². The average Bonchev–Trinajstić information content (AvgIpc) is 3.44. The zero-order chi connectivity index (χ0) is 24.4. The number of carbonyl (C=O) groups is 2. The van der Waals surface area contributed by atoms with Crippen LogP contribution < -0.4 is 5.32 Å². The van der Waals surface area contributed by atoms with Crippen LogP contribution in [0.15, 0.2) is 79.1 Å². The average molecular weight is 467 g/mol. The van der Waals surface area contributed by atoms with Crippen molar-refractivity contribution in [1.82, 2.24) is 24.4 Å². The second-order valence-corrected chi connectivity index (χ2v) is 8.00. The number of para-hydroxylation sites is 1. The summed E-state index contributed by atoms with van der Waals surface area (Å²) in [6.07, 6.45) is 3.26. The number of fused-ring (bicyclic) bond motifs is 1. The minimum Gasteiger partial charge on any atom is -0.452 e. The molecule has 0 fully saturated rings. The van der Waals surface area contributed by atoms with Crippen LogP contribution in [-0.4, -0.2) is 42.9 Å². The Kier molecular flexibility index (Phi) is 5.80. The van der Waals surface area contributed by atoms with E-state index < -0.39 is 18.5 Å². The zero-order valence-electron chi connectivity index (χ0n) is 19.2. The molecule has 0 bridgehead atoms. The van der Waals surface area contributed by atoms with Gasteiger partial charge in [0, 0.05) is 24.0 Å². The van der Waals surface area contributed by atoms with Gasteiger partial charge in [0.25, 0.3) is 5.91 Å². The van der Waals surface area contributed by atoms with E-state index in [0.717, 1.165) is 16.8 Å². The van der Waals surface area contributed by atoms with Gasteiger partial charge in [-0.1, -0.05) is 48.0 Å². The van der Waals surface area contributed by atoms with Gasteiger partial charge in [-0.3, -0.25) is 4.79 Å². The van der Waals surface area contributed by atoms with E-state index in [2.05, 4.69) is 20.5 Å². The summed E-state index contributed by atoms with van der Waals surface area (Å²) < 4.78 is 8.43. The summed E-state index contributed by atoms with van der Waals surface area (Å²) in [4.78, 5) is 29.6. The van der Waals surface area contributed by atoms with Crippen LogP contribution in [0.1, 0.15) is 21.6 Å². The second-order valence-electron chi connectivity index (χ2n) is 8.00. The molecule has 0 unspecified atom stereocenters. The van der Waals surface area contributed by atoms with Gasteiger partial charge in [0.1, 0.15) is 11.4 Å². The van der Waals surface area contributed by atoms with Crippen molar-refractivity contribution in [2.75, 3.05) is 11.9 Å². The Hall–Kier alpha value is -4.79. The molecule has 0 spiro atoms. The number of rotatable bonds is 6. The first-order valence-electron chi connectivity index (χ1n) is 11.0. The van der Waals surface area contributed by atoms with Gasteiger partial charge in [-0.15, -0.1) is 0 Å². The second kappa shape index (κ2) is 9.22. The number of ether oxygens (including phenoxy) is 1. The number of amides is 1. The van der Waals surface area contributed by atoms with Crippen molar-refractivity contribution in [2.45, 2.75) is 13.8 Å². The van der Waals surface area contributed by atoms with E-state index >= 15 is 0 Å². The summed E-state index contributed by atoms with van der Waals surface area (Å²) in [5.41, 5.74) is 4.63. The van der Waals surface area contributed by atoms with Crippen LogP contribution in [0, 0.1) is 13.8 Å². The quantitative estimate of drug-likeness (QED) is 0.380. The summed E-state index contributed by atoms with van der Waals surface area (Å²) >= 11 is 0. The zero-order valence-corrected chi connectivity index (χ0v) is 19.2. The molecule has 1 amide bonds. The molecule has 1 N–H and O–H groups in total. The largest absolute Gasteiger partial charge is 0.452 e. The normalized spacial score (nSPS) is 10.9. The SMILES string of the molecule is Cc1ccc(-c2cc(NC(=O)COC(=O)c3c(C)nn4cccnc34)n(-c3ccccc3)n2)cc1. The smallest absolute Gasteiger partial charge is 0.344 e. The first kappa shape index (κ1) is 22.0. The van der Waals surface area contributed by atoms with E-state index in [1.165, 1.54) is 4.52 Å². The molecule has 5 rings (SSSR count). The Labute approximate surface area is 201 Å². The number of anilines is 1. The van der Waals surface area contributed by atoms with Crippen molar-refractivity contribution in [3.05, 3.63) is 95.9 Å². The van der Waals surface area contributed by atoms with Crippen molar-refractivity contribution in [3.63, 3.8) is 0 Å². The van der Waals surface area contributed by atoms with Gasteiger partial charge in [-0.2, -0.15) is 10.2 Å². The van der Waals surface area contributed by atoms with E-state index in [9.17, 15) is 9.59 Å². The maximum Gasteiger partial charge on any atom is 0.344 e. The predicted molar refractivity (Wildman–Crippen MR) is 130 cm³/mol. The molecule has 0 aliphatic rings. The highest BCUT2D eigenvalue weighted by Crippen LogP contribution is 2.25. The van der Waals surface area contributed by atoms with Crippen LogP contribution >= 0.6 is 0 Å². The van der Waals surface area contributed by atoms with Crippen LogP contribution in [-0.2, 0) is 9.53 Å². The highest BCUT2D eigenvalue weighted by molar-refractivity contribution is 5.99. The molecule has 5 aromatic rings. The first-order valence-corrected chi connectivity index (χ1v) is 11.0. The molecule has 174 valence electrons. The number of benzene rings is 2. The van der Waals surface area contributed by atoms with Crippen molar-refractivity contribution in [2.24, 2.45) is 0 Å². The molecule has 3 heterocycles. The third kappa shape index (κ3) is 4.51. The van der Waals surface area contributed by atoms with Gasteiger partial charge in [-0.25, -0.2) is 19.0 Å². The Morgan fingerprint density at radius 1 is 0.971 bits per heavy atom. The van der Waals surface area contributed by atoms with Gasteiger partial charge in [0.15, 0.2) is 12.3 Å². The highest BCUT2D eigenvalue weighted by atomic mass is 16.5. The van der Waals surface area contributed by atoms with Crippen LogP contribution in [0.3, 0.4) is 0 Å². The number of aryl methyl sites for hydroxylation is 2. The third-order valence-electron chi connectivity index (χ3n) is 5.43. The predicted octanol–water partition coefficient (Wildman–Crippen LogP) is 3.99. The molecule has 9 nitrogen and oxygen atoms in total. The van der Waals surface area contributed by atoms with Gasteiger partial charge in [0.05, 0.1) is 17.1 Å². The molecule has 9 heteroatoms. The molecular weight excluding hydrogens is 444 g/mol. The Balaban J connectivity index is 1.36. The van der Waals surface area contributed by atoms with E-state index in [0.29, 0.717) is 22.9 Å². The van der Waals surface area contributed by atoms with Crippen LogP contribution in [0.25, 0.3) is 22.6 Å². The molecular formula is C26H22N6O3. The van der Waals surface area contributed by atoms with E-state index in [1.54, 1.807) is 36.1 Å². The van der Waals surface area contributed by atoms with Gasteiger partial charge in [-0.05, 0) is 32.0 Å². The Morgan fingerprint density at radius 3 is 2.51 bits per heavy atom. The standard InChI is InChI=1S/C26H22N6O3/c1-17-9-11-19(12-10-17)21-15-22(32(30-21)20-7-4-3-5-8-20)28-23(33)16-35-26(34)24-18(2)29-31-14-6-13-27-25(24)31/h3-15H,16H2,1-2H3,(H,28,33). The minimum atomic E-state index is -0.664. The molecule has 0 atom stereocenters. The van der Waals surface area contributed by atoms with E-state index in [4.69, 9.17) is 4.74 Å². The fourth-order valence-electron chi connectivity index (χ4n) is 3.72. The summed E-state index contributed by atoms with van der Waals surface area (Å²) in [6, 6.07) is 20.9. The van der Waals surface area contributed by atoms with Gasteiger partial charge in [0.2, 0.25) is 0 Å². The minimum absolute atomic E-state index is 0.231. The van der Waals surface area contributed by atoms with Gasteiger partial charge >= 0.3 is 5.97 Å². The summed E-state index contributed by atoms with van der Waals surface area (Å²) in [5, 5.41) is 11.8. The lowest BCUT2D eigenvalue weighted by molar-refractivity contribution is -0.119. The molecule has 0 aliphatic carbocycles. The highest BCUT2D eigenvalue weighted by Gasteiger charge is 2.21. The van der Waals surface area contributed by atoms with E-state index in [1.807, 2.05) is 61.5 Å². The lowest BCUT2D eigenvalue weighted by Crippen LogP contribution is -2.22. The van der Waals surface area contributed by atoms with Crippen LogP contribution in [0.4, 0.5) is 5.82 Å². The first-order chi connectivity index (χ1) is 17.0. The summed E-state index contributed by atoms with van der Waals surface area (Å²) in [6.45, 7) is 3.24. The molecule has 35 heavy (non-hydrogen) atoms. The van der Waals surface area contributed by atoms with Crippen molar-refractivity contribution >= 4 is 23.3 Å². The number of hydrogen-bond donors (Lipinski definition) is 1. The lowest BCUT2D eigenvalue weighted by Gasteiger charge is -2.09. The number of nitrogens with zero attached hydrogens (tertiary/aromatic N) is 5. The number of aromatic nitrogens is 5. The Morgan fingerprint density at radius 2 is 1.74 bits per heavy atom. The number of carbonyl (C=O) groups excluding carboxylic acids is 2. The van der Waals surface area contributed by atoms with Crippen LogP contribution in [0.5, 0.6) is 0 Å². The maximum absolute atomic E-state index is 12.7. The molecule has 3 aromatic heterocycles. The molecule has 0 aliphatic heterocycles.